The SMILES string of the molecule is Cc1cc(NC(=O)c2nc[nH]c2C(=O)Nc2nc3ccccc3[nH]2)c(Cl)cc1OCCCCN1CCNCC1. The van der Waals surface area contributed by atoms with Crippen LogP contribution in [-0.4, -0.2) is 76.0 Å². The number of aromatic nitrogens is 4. The van der Waals surface area contributed by atoms with Crippen LogP contribution in [0.5, 0.6) is 5.75 Å². The quantitative estimate of drug-likeness (QED) is 0.189. The first kappa shape index (κ1) is 26.7. The average Bonchev–Trinajstić information content (AvgIpc) is 3.59. The molecule has 0 radical (unpaired) electrons. The number of halogens is 1. The number of para-hydroxylation sites is 2. The van der Waals surface area contributed by atoms with E-state index in [1.54, 1.807) is 12.1 Å². The fourth-order valence-corrected chi connectivity index (χ4v) is 4.67. The van der Waals surface area contributed by atoms with E-state index in [1.165, 1.54) is 6.33 Å². The van der Waals surface area contributed by atoms with Crippen LogP contribution in [0.2, 0.25) is 5.02 Å². The van der Waals surface area contributed by atoms with Gasteiger partial charge in [0.2, 0.25) is 5.95 Å². The van der Waals surface area contributed by atoms with E-state index in [0.717, 1.165) is 56.6 Å². The van der Waals surface area contributed by atoms with Gasteiger partial charge in [-0.3, -0.25) is 14.9 Å². The maximum Gasteiger partial charge on any atom is 0.276 e. The molecule has 11 nitrogen and oxygen atoms in total. The molecule has 1 aliphatic rings. The lowest BCUT2D eigenvalue weighted by Gasteiger charge is -2.27. The van der Waals surface area contributed by atoms with Crippen molar-refractivity contribution in [3.05, 3.63) is 64.7 Å². The molecule has 2 amide bonds. The number of unbranched alkanes of at least 4 members (excludes halogenated alkanes) is 1. The van der Waals surface area contributed by atoms with Crippen molar-refractivity contribution in [1.29, 1.82) is 0 Å². The van der Waals surface area contributed by atoms with Gasteiger partial charge in [0.1, 0.15) is 11.4 Å². The number of imidazole rings is 2. The van der Waals surface area contributed by atoms with E-state index < -0.39 is 11.8 Å². The molecule has 1 saturated heterocycles. The van der Waals surface area contributed by atoms with Gasteiger partial charge in [-0.2, -0.15) is 0 Å². The lowest BCUT2D eigenvalue weighted by Crippen LogP contribution is -2.43. The number of nitrogens with zero attached hydrogens (tertiary/aromatic N) is 3. The number of fused-ring (bicyclic) bond motifs is 1. The number of anilines is 2. The predicted octanol–water partition coefficient (Wildman–Crippen LogP) is 3.82. The van der Waals surface area contributed by atoms with Crippen LogP contribution in [0.3, 0.4) is 0 Å². The summed E-state index contributed by atoms with van der Waals surface area (Å²) in [5.41, 5.74) is 2.66. The third-order valence-electron chi connectivity index (χ3n) is 6.55. The normalized spacial score (nSPS) is 13.9. The molecule has 0 bridgehead atoms. The van der Waals surface area contributed by atoms with Gasteiger partial charge >= 0.3 is 0 Å². The molecular weight excluding hydrogens is 520 g/mol. The highest BCUT2D eigenvalue weighted by Crippen LogP contribution is 2.31. The maximum absolute atomic E-state index is 13.0. The van der Waals surface area contributed by atoms with Crippen molar-refractivity contribution in [2.24, 2.45) is 0 Å². The van der Waals surface area contributed by atoms with E-state index in [1.807, 2.05) is 31.2 Å². The van der Waals surface area contributed by atoms with Crippen LogP contribution in [0, 0.1) is 6.92 Å². The zero-order valence-corrected chi connectivity index (χ0v) is 22.4. The molecule has 1 aliphatic heterocycles. The number of amides is 2. The van der Waals surface area contributed by atoms with Crippen molar-refractivity contribution in [2.75, 3.05) is 50.0 Å². The summed E-state index contributed by atoms with van der Waals surface area (Å²) in [4.78, 5) is 42.5. The highest BCUT2D eigenvalue weighted by molar-refractivity contribution is 6.34. The van der Waals surface area contributed by atoms with E-state index in [4.69, 9.17) is 16.3 Å². The Labute approximate surface area is 230 Å². The van der Waals surface area contributed by atoms with Crippen molar-refractivity contribution < 1.29 is 14.3 Å². The molecule has 2 aromatic heterocycles. The molecule has 4 aromatic rings. The Morgan fingerprint density at radius 1 is 1.10 bits per heavy atom. The van der Waals surface area contributed by atoms with Crippen LogP contribution in [0.1, 0.15) is 39.4 Å². The number of piperazine rings is 1. The molecule has 5 rings (SSSR count). The molecule has 0 unspecified atom stereocenters. The van der Waals surface area contributed by atoms with E-state index >= 15 is 0 Å². The molecule has 0 spiro atoms. The van der Waals surface area contributed by atoms with Crippen molar-refractivity contribution in [3.63, 3.8) is 0 Å². The van der Waals surface area contributed by atoms with Crippen LogP contribution < -0.4 is 20.7 Å². The third-order valence-corrected chi connectivity index (χ3v) is 6.86. The molecule has 0 atom stereocenters. The first-order chi connectivity index (χ1) is 19.0. The van der Waals surface area contributed by atoms with Crippen molar-refractivity contribution in [2.45, 2.75) is 19.8 Å². The largest absolute Gasteiger partial charge is 0.493 e. The molecule has 204 valence electrons. The Kier molecular flexibility index (Phi) is 8.40. The number of nitrogens with one attached hydrogen (secondary N) is 5. The second-order valence-corrected chi connectivity index (χ2v) is 9.79. The number of aromatic amines is 2. The van der Waals surface area contributed by atoms with E-state index in [2.05, 4.69) is 40.8 Å². The van der Waals surface area contributed by atoms with E-state index in [0.29, 0.717) is 28.6 Å². The number of benzene rings is 2. The number of H-pyrrole nitrogens is 2. The van der Waals surface area contributed by atoms with Crippen molar-refractivity contribution in [1.82, 2.24) is 30.2 Å². The molecule has 39 heavy (non-hydrogen) atoms. The first-order valence-corrected chi connectivity index (χ1v) is 13.3. The second kappa shape index (κ2) is 12.3. The smallest absolute Gasteiger partial charge is 0.276 e. The summed E-state index contributed by atoms with van der Waals surface area (Å²) >= 11 is 6.47. The molecule has 0 aliphatic carbocycles. The number of aryl methyl sites for hydroxylation is 1. The highest BCUT2D eigenvalue weighted by Gasteiger charge is 2.22. The Bertz CT molecular complexity index is 1430. The van der Waals surface area contributed by atoms with Gasteiger partial charge in [-0.15, -0.1) is 0 Å². The first-order valence-electron chi connectivity index (χ1n) is 12.9. The number of carbonyl (C=O) groups is 2. The Morgan fingerprint density at radius 3 is 2.74 bits per heavy atom. The van der Waals surface area contributed by atoms with Gasteiger partial charge in [0.05, 0.1) is 34.7 Å². The Balaban J connectivity index is 1.17. The molecule has 3 heterocycles. The van der Waals surface area contributed by atoms with Gasteiger partial charge in [-0.1, -0.05) is 23.7 Å². The maximum atomic E-state index is 13.0. The number of ether oxygens (including phenoxy) is 1. The minimum atomic E-state index is -0.575. The van der Waals surface area contributed by atoms with Gasteiger partial charge in [-0.05, 0) is 50.1 Å². The zero-order chi connectivity index (χ0) is 27.2. The summed E-state index contributed by atoms with van der Waals surface area (Å²) in [5, 5.41) is 9.10. The summed E-state index contributed by atoms with van der Waals surface area (Å²) in [6.45, 7) is 7.83. The topological polar surface area (TPSA) is 140 Å². The van der Waals surface area contributed by atoms with Crippen molar-refractivity contribution >= 4 is 46.1 Å². The highest BCUT2D eigenvalue weighted by atomic mass is 35.5. The van der Waals surface area contributed by atoms with E-state index in [-0.39, 0.29) is 17.3 Å². The third kappa shape index (κ3) is 6.56. The minimum Gasteiger partial charge on any atom is -0.493 e. The lowest BCUT2D eigenvalue weighted by molar-refractivity contribution is 0.0985. The summed E-state index contributed by atoms with van der Waals surface area (Å²) in [7, 11) is 0. The number of hydrogen-bond acceptors (Lipinski definition) is 7. The minimum absolute atomic E-state index is 0.00145. The molecule has 12 heteroatoms. The molecule has 0 saturated carbocycles. The predicted molar refractivity (Wildman–Crippen MR) is 151 cm³/mol. The Morgan fingerprint density at radius 2 is 1.92 bits per heavy atom. The molecular formula is C27H31ClN8O3. The summed E-state index contributed by atoms with van der Waals surface area (Å²) < 4.78 is 5.96. The monoisotopic (exact) mass is 550 g/mol. The average molecular weight is 551 g/mol. The number of carbonyl (C=O) groups excluding carboxylic acids is 2. The van der Waals surface area contributed by atoms with Crippen LogP contribution >= 0.6 is 11.6 Å². The fourth-order valence-electron chi connectivity index (χ4n) is 4.47. The van der Waals surface area contributed by atoms with Gasteiger partial charge in [-0.25, -0.2) is 9.97 Å². The van der Waals surface area contributed by atoms with Gasteiger partial charge in [0.15, 0.2) is 5.69 Å². The standard InChI is InChI=1S/C27H31ClN8O3/c1-17-14-21(18(28)15-22(17)39-13-5-4-10-36-11-8-29-9-12-36)32-25(37)23-24(31-16-30-23)26(38)35-27-33-19-6-2-3-7-20(19)34-27/h2-3,6-7,14-16,29H,4-5,8-13H2,1H3,(H,30,31)(H,32,37)(H2,33,34,35,38). The summed E-state index contributed by atoms with van der Waals surface area (Å²) in [6.07, 6.45) is 3.29. The van der Waals surface area contributed by atoms with Crippen LogP contribution in [0.15, 0.2) is 42.7 Å². The van der Waals surface area contributed by atoms with Gasteiger partial charge < -0.3 is 30.2 Å². The van der Waals surface area contributed by atoms with Crippen LogP contribution in [-0.2, 0) is 0 Å². The number of hydrogen-bond donors (Lipinski definition) is 5. The van der Waals surface area contributed by atoms with Gasteiger partial charge in [0, 0.05) is 32.2 Å². The summed E-state index contributed by atoms with van der Waals surface area (Å²) in [6, 6.07) is 10.8. The van der Waals surface area contributed by atoms with Crippen molar-refractivity contribution in [3.8, 4) is 5.75 Å². The van der Waals surface area contributed by atoms with Gasteiger partial charge in [0.25, 0.3) is 11.8 Å². The molecule has 2 aromatic carbocycles. The fraction of sp³-hybridized carbons (Fsp3) is 0.333. The zero-order valence-electron chi connectivity index (χ0n) is 21.6. The van der Waals surface area contributed by atoms with Crippen LogP contribution in [0.4, 0.5) is 11.6 Å². The molecule has 1 fully saturated rings. The summed E-state index contributed by atoms with van der Waals surface area (Å²) in [5.74, 6) is -0.195. The lowest BCUT2D eigenvalue weighted by atomic mass is 10.2. The van der Waals surface area contributed by atoms with E-state index in [9.17, 15) is 9.59 Å². The van der Waals surface area contributed by atoms with Crippen LogP contribution in [0.25, 0.3) is 11.0 Å². The Hall–Kier alpha value is -3.93. The molecule has 5 N–H and O–H groups in total. The second-order valence-electron chi connectivity index (χ2n) is 9.38. The number of rotatable bonds is 10.